The van der Waals surface area contributed by atoms with E-state index in [4.69, 9.17) is 23.7 Å². The maximum Gasteiger partial charge on any atom is 0.306 e. The molecular formula is C42H53NO7. The molecule has 0 N–H and O–H groups in total. The number of hydrogen-bond acceptors (Lipinski definition) is 8. The standard InChI is InChI=1S/C42H53NO7/c1-43(2)27-36(28-48-39-14-6-5-11-30(39)16-15-29-10-9-12-33(22-29)46-3)50-41(45)20-19-40(44)49-35-24-32-23-31-17-18-34(47-4)25-38(31)42(26-35)21-8-7-13-37(32)42/h5-6,9-12,14,17-18,22,25,32,35-37H,7-8,13,15-16,19-21,23-24,26-28H2,1-4H3/t32-,35?,36+,37-,42+/m1/s1. The molecule has 2 bridgehead atoms. The second-order valence-corrected chi connectivity index (χ2v) is 14.7. The van der Waals surface area contributed by atoms with Crippen molar-refractivity contribution in [3.05, 3.63) is 89.0 Å². The van der Waals surface area contributed by atoms with E-state index < -0.39 is 12.1 Å². The molecule has 3 aliphatic rings. The molecule has 8 nitrogen and oxygen atoms in total. The molecule has 0 saturated heterocycles. The van der Waals surface area contributed by atoms with Crippen molar-refractivity contribution in [2.75, 3.05) is 41.5 Å². The number of ether oxygens (including phenoxy) is 5. The molecule has 0 aliphatic heterocycles. The van der Waals surface area contributed by atoms with Gasteiger partial charge in [-0.1, -0.05) is 49.2 Å². The van der Waals surface area contributed by atoms with Gasteiger partial charge in [-0.25, -0.2) is 0 Å². The Kier molecular flexibility index (Phi) is 11.7. The number of nitrogens with zero attached hydrogens (tertiary/aromatic N) is 1. The van der Waals surface area contributed by atoms with Crippen LogP contribution in [0.25, 0.3) is 0 Å². The van der Waals surface area contributed by atoms with E-state index >= 15 is 0 Å². The van der Waals surface area contributed by atoms with E-state index in [1.54, 1.807) is 14.2 Å². The van der Waals surface area contributed by atoms with Crippen LogP contribution in [0.5, 0.6) is 17.2 Å². The van der Waals surface area contributed by atoms with Crippen LogP contribution in [0.1, 0.15) is 73.6 Å². The average Bonchev–Trinajstić information content (AvgIpc) is 3.12. The fraction of sp³-hybridized carbons (Fsp3) is 0.524. The predicted molar refractivity (Wildman–Crippen MR) is 193 cm³/mol. The third-order valence-electron chi connectivity index (χ3n) is 11.1. The van der Waals surface area contributed by atoms with Gasteiger partial charge in [0.25, 0.3) is 0 Å². The number of carbonyl (C=O) groups excluding carboxylic acids is 2. The fourth-order valence-electron chi connectivity index (χ4n) is 8.93. The van der Waals surface area contributed by atoms with Crippen LogP contribution < -0.4 is 14.2 Å². The zero-order valence-corrected chi connectivity index (χ0v) is 30.2. The number of aryl methyl sites for hydroxylation is 2. The van der Waals surface area contributed by atoms with Crippen LogP contribution in [0, 0.1) is 11.8 Å². The van der Waals surface area contributed by atoms with E-state index in [0.29, 0.717) is 18.4 Å². The van der Waals surface area contributed by atoms with Crippen molar-refractivity contribution < 1.29 is 33.3 Å². The number of rotatable bonds is 15. The lowest BCUT2D eigenvalue weighted by Gasteiger charge is -2.57. The first-order valence-corrected chi connectivity index (χ1v) is 18.3. The topological polar surface area (TPSA) is 83.5 Å². The molecule has 5 atom stereocenters. The van der Waals surface area contributed by atoms with Gasteiger partial charge in [-0.05, 0) is 123 Å². The SMILES string of the molecule is COc1cccc(CCc2ccccc2OC[C@H](CN(C)C)OC(=O)CCC(=O)OC2C[C@H]3Cc4ccc(OC)cc4[C@@]4(CCCC[C@H]34)C2)c1. The monoisotopic (exact) mass is 683 g/mol. The van der Waals surface area contributed by atoms with Gasteiger partial charge in [-0.2, -0.15) is 0 Å². The molecule has 0 heterocycles. The molecule has 3 aromatic rings. The van der Waals surface area contributed by atoms with Crippen LogP contribution in [0.4, 0.5) is 0 Å². The maximum absolute atomic E-state index is 13.2. The third-order valence-corrected chi connectivity index (χ3v) is 11.1. The van der Waals surface area contributed by atoms with E-state index in [0.717, 1.165) is 61.3 Å². The summed E-state index contributed by atoms with van der Waals surface area (Å²) in [5.74, 6) is 2.89. The summed E-state index contributed by atoms with van der Waals surface area (Å²) in [6.07, 6.45) is 8.56. The normalized spacial score (nSPS) is 22.9. The van der Waals surface area contributed by atoms with Crippen molar-refractivity contribution in [2.45, 2.75) is 88.3 Å². The van der Waals surface area contributed by atoms with Gasteiger partial charge in [0.15, 0.2) is 0 Å². The Hall–Kier alpha value is -4.04. The summed E-state index contributed by atoms with van der Waals surface area (Å²) in [5.41, 5.74) is 5.12. The van der Waals surface area contributed by atoms with Gasteiger partial charge in [0.2, 0.25) is 0 Å². The quantitative estimate of drug-likeness (QED) is 0.157. The molecule has 2 fully saturated rings. The van der Waals surface area contributed by atoms with Crippen LogP contribution in [-0.4, -0.2) is 70.5 Å². The van der Waals surface area contributed by atoms with Gasteiger partial charge < -0.3 is 28.6 Å². The van der Waals surface area contributed by atoms with Crippen LogP contribution >= 0.6 is 0 Å². The zero-order chi connectivity index (χ0) is 35.1. The van der Waals surface area contributed by atoms with E-state index in [2.05, 4.69) is 36.4 Å². The number of carbonyl (C=O) groups is 2. The molecule has 268 valence electrons. The first-order chi connectivity index (χ1) is 24.3. The number of hydrogen-bond donors (Lipinski definition) is 0. The van der Waals surface area contributed by atoms with Crippen molar-refractivity contribution in [2.24, 2.45) is 11.8 Å². The molecule has 8 heteroatoms. The first-order valence-electron chi connectivity index (χ1n) is 18.3. The van der Waals surface area contributed by atoms with E-state index in [-0.39, 0.29) is 36.9 Å². The van der Waals surface area contributed by atoms with Crippen molar-refractivity contribution in [1.29, 1.82) is 0 Å². The summed E-state index contributed by atoms with van der Waals surface area (Å²) in [4.78, 5) is 28.2. The number of para-hydroxylation sites is 1. The molecule has 3 aromatic carbocycles. The number of likely N-dealkylation sites (N-methyl/N-ethyl adjacent to an activating group) is 1. The first kappa shape index (κ1) is 35.8. The lowest BCUT2D eigenvalue weighted by molar-refractivity contribution is -0.161. The van der Waals surface area contributed by atoms with E-state index in [9.17, 15) is 9.59 Å². The second-order valence-electron chi connectivity index (χ2n) is 14.7. The third kappa shape index (κ3) is 8.45. The minimum absolute atomic E-state index is 0.00346. The Labute approximate surface area is 297 Å². The van der Waals surface area contributed by atoms with Crippen molar-refractivity contribution in [3.63, 3.8) is 0 Å². The predicted octanol–water partition coefficient (Wildman–Crippen LogP) is 7.13. The van der Waals surface area contributed by atoms with Gasteiger partial charge in [-0.3, -0.25) is 9.59 Å². The summed E-state index contributed by atoms with van der Waals surface area (Å²) in [5, 5.41) is 0. The van der Waals surface area contributed by atoms with Crippen molar-refractivity contribution in [3.8, 4) is 17.2 Å². The lowest BCUT2D eigenvalue weighted by Crippen LogP contribution is -2.53. The van der Waals surface area contributed by atoms with E-state index in [1.165, 1.54) is 36.0 Å². The summed E-state index contributed by atoms with van der Waals surface area (Å²) < 4.78 is 29.2. The molecule has 2 saturated carbocycles. The highest BCUT2D eigenvalue weighted by Crippen LogP contribution is 2.59. The van der Waals surface area contributed by atoms with Crippen LogP contribution in [0.3, 0.4) is 0 Å². The molecule has 3 aliphatic carbocycles. The minimum Gasteiger partial charge on any atom is -0.497 e. The molecular weight excluding hydrogens is 630 g/mol. The van der Waals surface area contributed by atoms with Crippen molar-refractivity contribution in [1.82, 2.24) is 4.90 Å². The molecule has 0 aromatic heterocycles. The van der Waals surface area contributed by atoms with Crippen LogP contribution in [-0.2, 0) is 43.7 Å². The zero-order valence-electron chi connectivity index (χ0n) is 30.2. The van der Waals surface area contributed by atoms with Gasteiger partial charge in [0.05, 0.1) is 27.1 Å². The van der Waals surface area contributed by atoms with Gasteiger partial charge >= 0.3 is 11.9 Å². The van der Waals surface area contributed by atoms with E-state index in [1.807, 2.05) is 49.3 Å². The van der Waals surface area contributed by atoms with Crippen LogP contribution in [0.2, 0.25) is 0 Å². The summed E-state index contributed by atoms with van der Waals surface area (Å²) in [7, 11) is 7.27. The minimum atomic E-state index is -0.489. The Bertz CT molecular complexity index is 1620. The Balaban J connectivity index is 1.01. The number of esters is 2. The smallest absolute Gasteiger partial charge is 0.306 e. The fourth-order valence-corrected chi connectivity index (χ4v) is 8.93. The molecule has 6 rings (SSSR count). The number of benzene rings is 3. The summed E-state index contributed by atoms with van der Waals surface area (Å²) in [6, 6.07) is 22.6. The second kappa shape index (κ2) is 16.3. The highest BCUT2D eigenvalue weighted by atomic mass is 16.6. The Morgan fingerprint density at radius 3 is 2.52 bits per heavy atom. The lowest BCUT2D eigenvalue weighted by atomic mass is 9.48. The Morgan fingerprint density at radius 2 is 1.70 bits per heavy atom. The molecule has 1 unspecified atom stereocenters. The molecule has 0 spiro atoms. The maximum atomic E-state index is 13.2. The Morgan fingerprint density at radius 1 is 0.900 bits per heavy atom. The number of fused-ring (bicyclic) bond motifs is 1. The van der Waals surface area contributed by atoms with Crippen LogP contribution in [0.15, 0.2) is 66.7 Å². The highest BCUT2D eigenvalue weighted by molar-refractivity contribution is 5.77. The number of methoxy groups -OCH3 is 2. The summed E-state index contributed by atoms with van der Waals surface area (Å²) >= 11 is 0. The average molecular weight is 684 g/mol. The molecule has 0 amide bonds. The largest absolute Gasteiger partial charge is 0.497 e. The highest BCUT2D eigenvalue weighted by Gasteiger charge is 2.54. The van der Waals surface area contributed by atoms with Gasteiger partial charge in [0, 0.05) is 12.0 Å². The molecule has 50 heavy (non-hydrogen) atoms. The summed E-state index contributed by atoms with van der Waals surface area (Å²) in [6.45, 7) is 0.713. The van der Waals surface area contributed by atoms with Gasteiger partial charge in [-0.15, -0.1) is 0 Å². The molecule has 0 radical (unpaired) electrons. The van der Waals surface area contributed by atoms with Crippen molar-refractivity contribution >= 4 is 11.9 Å². The van der Waals surface area contributed by atoms with Gasteiger partial charge in [0.1, 0.15) is 36.1 Å².